The van der Waals surface area contributed by atoms with Gasteiger partial charge in [-0.15, -0.1) is 0 Å². The van der Waals surface area contributed by atoms with Crippen molar-refractivity contribution in [3.05, 3.63) is 0 Å². The van der Waals surface area contributed by atoms with Gasteiger partial charge in [-0.05, 0) is 26.7 Å². The van der Waals surface area contributed by atoms with Gasteiger partial charge in [-0.2, -0.15) is 0 Å². The van der Waals surface area contributed by atoms with Crippen LogP contribution in [0.2, 0.25) is 0 Å². The van der Waals surface area contributed by atoms with Crippen LogP contribution in [0.3, 0.4) is 0 Å². The minimum absolute atomic E-state index is 0.212. The Morgan fingerprint density at radius 2 is 1.96 bits per heavy atom. The molecule has 3 amide bonds. The molecule has 1 saturated heterocycles. The van der Waals surface area contributed by atoms with Crippen molar-refractivity contribution in [3.63, 3.8) is 0 Å². The molecule has 1 rings (SSSR count). The van der Waals surface area contributed by atoms with E-state index in [9.17, 15) is 19.2 Å². The zero-order chi connectivity index (χ0) is 17.6. The second-order valence-corrected chi connectivity index (χ2v) is 5.51. The van der Waals surface area contributed by atoms with E-state index >= 15 is 0 Å². The molecule has 1 aliphatic rings. The van der Waals surface area contributed by atoms with Crippen molar-refractivity contribution in [2.75, 3.05) is 20.2 Å². The number of methoxy groups -OCH3 is 1. The normalized spacial score (nSPS) is 19.7. The predicted octanol–water partition coefficient (Wildman–Crippen LogP) is -1.88. The van der Waals surface area contributed by atoms with Crippen LogP contribution in [-0.2, 0) is 23.9 Å². The highest BCUT2D eigenvalue weighted by Crippen LogP contribution is 2.17. The van der Waals surface area contributed by atoms with Gasteiger partial charge in [0.25, 0.3) is 0 Å². The Kier molecular flexibility index (Phi) is 6.95. The lowest BCUT2D eigenvalue weighted by Crippen LogP contribution is -2.52. The Labute approximate surface area is 134 Å². The van der Waals surface area contributed by atoms with Crippen molar-refractivity contribution < 1.29 is 23.9 Å². The lowest BCUT2D eigenvalue weighted by Gasteiger charge is -2.25. The molecule has 0 bridgehead atoms. The fraction of sp³-hybridized carbons (Fsp3) is 0.714. The summed E-state index contributed by atoms with van der Waals surface area (Å²) in [7, 11) is 1.23. The molecule has 0 radical (unpaired) electrons. The summed E-state index contributed by atoms with van der Waals surface area (Å²) in [5.41, 5.74) is 5.40. The van der Waals surface area contributed by atoms with Crippen LogP contribution in [0.25, 0.3) is 0 Å². The van der Waals surface area contributed by atoms with E-state index in [1.54, 1.807) is 0 Å². The van der Waals surface area contributed by atoms with Gasteiger partial charge < -0.3 is 26.0 Å². The van der Waals surface area contributed by atoms with E-state index < -0.39 is 35.9 Å². The van der Waals surface area contributed by atoms with Gasteiger partial charge >= 0.3 is 5.97 Å². The zero-order valence-corrected chi connectivity index (χ0v) is 13.6. The van der Waals surface area contributed by atoms with Gasteiger partial charge in [-0.25, -0.2) is 4.79 Å². The third kappa shape index (κ3) is 5.20. The van der Waals surface area contributed by atoms with Crippen LogP contribution < -0.4 is 16.4 Å². The maximum atomic E-state index is 12.2. The van der Waals surface area contributed by atoms with Crippen LogP contribution in [0.5, 0.6) is 0 Å². The number of ether oxygens (including phenoxy) is 1. The molecular weight excluding hydrogens is 304 g/mol. The third-order valence-corrected chi connectivity index (χ3v) is 3.62. The minimum atomic E-state index is -0.789. The van der Waals surface area contributed by atoms with Crippen LogP contribution in [0.4, 0.5) is 0 Å². The van der Waals surface area contributed by atoms with E-state index in [-0.39, 0.29) is 12.5 Å². The third-order valence-electron chi connectivity index (χ3n) is 3.62. The highest BCUT2D eigenvalue weighted by molar-refractivity contribution is 5.93. The quantitative estimate of drug-likeness (QED) is 0.489. The maximum absolute atomic E-state index is 12.2. The van der Waals surface area contributed by atoms with Gasteiger partial charge in [0.15, 0.2) is 0 Å². The molecule has 3 atom stereocenters. The Morgan fingerprint density at radius 3 is 2.52 bits per heavy atom. The van der Waals surface area contributed by atoms with E-state index in [4.69, 9.17) is 5.73 Å². The molecule has 0 spiro atoms. The fourth-order valence-electron chi connectivity index (χ4n) is 2.31. The van der Waals surface area contributed by atoms with E-state index in [0.717, 1.165) is 0 Å². The first-order valence-electron chi connectivity index (χ1n) is 7.48. The molecule has 23 heavy (non-hydrogen) atoms. The minimum Gasteiger partial charge on any atom is -0.467 e. The van der Waals surface area contributed by atoms with Gasteiger partial charge in [0, 0.05) is 6.54 Å². The SMILES string of the molecule is COC(=O)[C@H](C)NC(=O)[C@@H]1CCCN1C(=O)CNC(=O)[C@H](C)N. The van der Waals surface area contributed by atoms with E-state index in [0.29, 0.717) is 19.4 Å². The van der Waals surface area contributed by atoms with Gasteiger partial charge in [0.05, 0.1) is 19.7 Å². The van der Waals surface area contributed by atoms with Crippen LogP contribution in [0.1, 0.15) is 26.7 Å². The first kappa shape index (κ1) is 18.9. The summed E-state index contributed by atoms with van der Waals surface area (Å²) in [5, 5.41) is 4.95. The summed E-state index contributed by atoms with van der Waals surface area (Å²) >= 11 is 0. The maximum Gasteiger partial charge on any atom is 0.328 e. The Balaban J connectivity index is 2.58. The number of hydrogen-bond donors (Lipinski definition) is 3. The molecular formula is C14H24N4O5. The number of nitrogens with zero attached hydrogens (tertiary/aromatic N) is 1. The molecule has 1 fully saturated rings. The second-order valence-electron chi connectivity index (χ2n) is 5.51. The number of hydrogen-bond acceptors (Lipinski definition) is 6. The number of esters is 1. The van der Waals surface area contributed by atoms with Crippen molar-refractivity contribution >= 4 is 23.7 Å². The van der Waals surface area contributed by atoms with Gasteiger partial charge in [0.1, 0.15) is 12.1 Å². The van der Waals surface area contributed by atoms with Crippen molar-refractivity contribution in [1.82, 2.24) is 15.5 Å². The topological polar surface area (TPSA) is 131 Å². The zero-order valence-electron chi connectivity index (χ0n) is 13.6. The Morgan fingerprint density at radius 1 is 1.30 bits per heavy atom. The number of amides is 3. The predicted molar refractivity (Wildman–Crippen MR) is 81.0 cm³/mol. The molecule has 1 aliphatic heterocycles. The lowest BCUT2D eigenvalue weighted by molar-refractivity contribution is -0.145. The first-order valence-corrected chi connectivity index (χ1v) is 7.48. The number of rotatable bonds is 6. The summed E-state index contributed by atoms with van der Waals surface area (Å²) in [6.07, 6.45) is 1.18. The Bertz CT molecular complexity index is 480. The Hall–Kier alpha value is -2.16. The largest absolute Gasteiger partial charge is 0.467 e. The smallest absolute Gasteiger partial charge is 0.328 e. The van der Waals surface area contributed by atoms with Gasteiger partial charge in [0.2, 0.25) is 17.7 Å². The molecule has 9 nitrogen and oxygen atoms in total. The molecule has 0 aromatic heterocycles. The molecule has 0 aliphatic carbocycles. The van der Waals surface area contributed by atoms with Crippen molar-refractivity contribution in [3.8, 4) is 0 Å². The van der Waals surface area contributed by atoms with Gasteiger partial charge in [-0.3, -0.25) is 14.4 Å². The van der Waals surface area contributed by atoms with Crippen molar-refractivity contribution in [1.29, 1.82) is 0 Å². The molecule has 130 valence electrons. The average Bonchev–Trinajstić information content (AvgIpc) is 3.00. The number of likely N-dealkylation sites (tertiary alicyclic amines) is 1. The molecule has 4 N–H and O–H groups in total. The van der Waals surface area contributed by atoms with Crippen LogP contribution >= 0.6 is 0 Å². The first-order chi connectivity index (χ1) is 10.8. The molecule has 9 heteroatoms. The summed E-state index contributed by atoms with van der Waals surface area (Å²) in [6.45, 7) is 3.24. The van der Waals surface area contributed by atoms with Crippen LogP contribution in [0.15, 0.2) is 0 Å². The van der Waals surface area contributed by atoms with E-state index in [1.807, 2.05) is 0 Å². The summed E-state index contributed by atoms with van der Waals surface area (Å²) in [5.74, 6) is -1.76. The van der Waals surface area contributed by atoms with Crippen molar-refractivity contribution in [2.45, 2.75) is 44.8 Å². The van der Waals surface area contributed by atoms with E-state index in [1.165, 1.54) is 25.9 Å². The second kappa shape index (κ2) is 8.47. The van der Waals surface area contributed by atoms with Crippen LogP contribution in [0, 0.1) is 0 Å². The standard InChI is InChI=1S/C14H24N4O5/c1-8(15)12(20)16-7-11(19)18-6-4-5-10(18)13(21)17-9(2)14(22)23-3/h8-10H,4-7,15H2,1-3H3,(H,16,20)(H,17,21)/t8-,9-,10-/m0/s1. The summed E-state index contributed by atoms with van der Waals surface area (Å²) < 4.78 is 4.54. The summed E-state index contributed by atoms with van der Waals surface area (Å²) in [6, 6.07) is -2.15. The monoisotopic (exact) mass is 328 g/mol. The molecule has 0 saturated carbocycles. The number of nitrogens with two attached hydrogens (primary N) is 1. The lowest BCUT2D eigenvalue weighted by atomic mass is 10.2. The van der Waals surface area contributed by atoms with Crippen molar-refractivity contribution in [2.24, 2.45) is 5.73 Å². The summed E-state index contributed by atoms with van der Waals surface area (Å²) in [4.78, 5) is 48.5. The molecule has 1 heterocycles. The fourth-order valence-corrected chi connectivity index (χ4v) is 2.31. The van der Waals surface area contributed by atoms with Gasteiger partial charge in [-0.1, -0.05) is 0 Å². The molecule has 0 aromatic rings. The highest BCUT2D eigenvalue weighted by Gasteiger charge is 2.35. The molecule has 0 unspecified atom stereocenters. The highest BCUT2D eigenvalue weighted by atomic mass is 16.5. The van der Waals surface area contributed by atoms with Crippen LogP contribution in [-0.4, -0.2) is 66.9 Å². The molecule has 0 aromatic carbocycles. The number of carbonyl (C=O) groups is 4. The number of nitrogens with one attached hydrogen (secondary N) is 2. The number of carbonyl (C=O) groups excluding carboxylic acids is 4. The van der Waals surface area contributed by atoms with E-state index in [2.05, 4.69) is 15.4 Å². The average molecular weight is 328 g/mol.